The number of carbonyl (C=O) groups is 11. The van der Waals surface area contributed by atoms with Gasteiger partial charge in [0.2, 0.25) is 35.4 Å². The molecule has 0 radical (unpaired) electrons. The van der Waals surface area contributed by atoms with Crippen LogP contribution in [0.3, 0.4) is 0 Å². The maximum absolute atomic E-state index is 14.5. The number of β-amino-alcohol motifs (C(OH)–C–C–N with tert-alkyl or cyclic N) is 1. The fourth-order valence-electron chi connectivity index (χ4n) is 15.8. The van der Waals surface area contributed by atoms with Crippen molar-refractivity contribution in [3.63, 3.8) is 0 Å². The fraction of sp³-hybridized carbons (Fsp3) is 0.797. The predicted molar refractivity (Wildman–Crippen MR) is 440 cm³/mol. The van der Waals surface area contributed by atoms with Gasteiger partial charge in [0.15, 0.2) is 11.5 Å². The van der Waals surface area contributed by atoms with Crippen LogP contribution in [0, 0.1) is 17.8 Å². The highest BCUT2D eigenvalue weighted by molar-refractivity contribution is 7.53. The van der Waals surface area contributed by atoms with E-state index in [4.69, 9.17) is 52.5 Å². The Hall–Kier alpha value is -6.90. The fourth-order valence-corrected chi connectivity index (χ4v) is 17.4. The molecule has 2 aromatic heterocycles. The molecule has 0 bridgehead atoms. The van der Waals surface area contributed by atoms with Crippen LogP contribution in [-0.4, -0.2) is 364 Å². The molecule has 8 unspecified atom stereocenters. The Morgan fingerprint density at radius 3 is 1.41 bits per heavy atom. The van der Waals surface area contributed by atoms with E-state index in [1.165, 1.54) is 51.8 Å². The molecular formula is C79H129N11O35P2. The van der Waals surface area contributed by atoms with Gasteiger partial charge in [-0.05, 0) is 38.5 Å². The third-order valence-electron chi connectivity index (χ3n) is 22.9. The molecule has 2 saturated heterocycles. The Labute approximate surface area is 733 Å². The number of amides is 6. The van der Waals surface area contributed by atoms with Crippen molar-refractivity contribution in [3.05, 3.63) is 12.7 Å². The van der Waals surface area contributed by atoms with Crippen LogP contribution in [0.2, 0.25) is 0 Å². The van der Waals surface area contributed by atoms with Gasteiger partial charge in [0.05, 0.1) is 152 Å². The number of aromatic nitrogens is 4. The number of ketones is 5. The molecule has 48 heteroatoms. The van der Waals surface area contributed by atoms with Crippen molar-refractivity contribution in [1.82, 2.24) is 51.0 Å². The summed E-state index contributed by atoms with van der Waals surface area (Å²) in [4.78, 5) is 179. The molecule has 4 heterocycles. The van der Waals surface area contributed by atoms with Crippen molar-refractivity contribution in [2.24, 2.45) is 17.8 Å². The standard InChI is InChI=1S/C79H129N11O35P2/c1-44(2)126(112,113)122-38-62-58(32-66(124-62)90-43-84-70-77(80)82-42-83-78(70)90)125-127(114,115)123-37-51-31-57(102)33-89(51)65(105)13-12-64(104)88-79(39-116-22-15-52(97)8-6-10-54(99)17-25-119-59-28-48(34-91)71(106)74(109)67(59)85-45(3)94,40-117-23-16-53(98)9-7-11-55(100)18-26-120-60-29-49(35-92)72(107)75(110)68(60)86-46(4)95)41-118-24-20-63(103)81-21-14-56(101)19-27-121-61-30-50(36-93)73(108)76(111)69(61)87-47(5)96/h42-44,48-51,57-62,66-69,71-76,91-93,102,106-111H,6-41H2,1-5H3,(H,81,103)(H,85,94)(H,86,95)(H,87,96)(H,88,104)(H,112,113)(H,114,115)(H2,80,82,83)/t48?,49?,50?,51-,57+,58-,59+,60+,61+,62+,66+,67?,68?,69?,71-,72-,73-,74+,75+,76+,79?/m0/s1. The molecule has 46 nitrogen and oxygen atoms in total. The third kappa shape index (κ3) is 34.0. The number of aliphatic hydroxyl groups excluding tert-OH is 10. The number of nitrogens with two attached hydrogens (primary N) is 1. The summed E-state index contributed by atoms with van der Waals surface area (Å²) in [6.07, 6.45) is -16.2. The number of hydrogen-bond acceptors (Lipinski definition) is 37. The molecule has 3 aliphatic carbocycles. The van der Waals surface area contributed by atoms with Gasteiger partial charge in [-0.1, -0.05) is 13.8 Å². The number of nitrogens with zero attached hydrogens (tertiary/aromatic N) is 5. The highest BCUT2D eigenvalue weighted by atomic mass is 31.2. The first-order valence-corrected chi connectivity index (χ1v) is 46.0. The Kier molecular flexibility index (Phi) is 44.2. The number of nitrogens with one attached hydrogen (secondary N) is 5. The monoisotopic (exact) mass is 1850 g/mol. The smallest absolute Gasteiger partial charge is 0.396 e. The average molecular weight is 1850 g/mol. The van der Waals surface area contributed by atoms with Crippen molar-refractivity contribution in [2.75, 3.05) is 111 Å². The number of nitrogen functional groups attached to an aromatic ring is 1. The molecule has 2 aromatic rings. The Bertz CT molecular complexity index is 3800. The minimum absolute atomic E-state index is 0.0416. The van der Waals surface area contributed by atoms with Crippen molar-refractivity contribution in [2.45, 2.75) is 278 Å². The number of aliphatic hydroxyl groups is 10. The lowest BCUT2D eigenvalue weighted by Crippen LogP contribution is -2.61. The highest BCUT2D eigenvalue weighted by Crippen LogP contribution is 2.52. The van der Waals surface area contributed by atoms with Gasteiger partial charge in [-0.15, -0.1) is 0 Å². The molecular weight excluding hydrogens is 1720 g/mol. The van der Waals surface area contributed by atoms with E-state index in [0.29, 0.717) is 0 Å². The van der Waals surface area contributed by atoms with Crippen LogP contribution in [0.15, 0.2) is 12.7 Å². The third-order valence-corrected chi connectivity index (χ3v) is 25.7. The van der Waals surface area contributed by atoms with Gasteiger partial charge in [0.1, 0.15) is 83.0 Å². The SMILES string of the molecule is CC(=O)NC1[C@@H](O)[C@@H](O)C(CO)C[C@H]1OCCC(=O)CCCC(=O)CCOCC(COCCC(=O)CCCC(=O)CCO[C@@H]1CC(CO)[C@H](O)[C@H](O)C1NC(C)=O)(COCCC(=O)NCCC(=O)CCO[C@@H]1CC(CO)[C@H](O)[C@H](O)C1NC(C)=O)NC(=O)CCC(=O)N1C[C@H](O)C[C@H]1COP(=O)(O)O[C@H]1C[C@H](n2cnc3c(N)ncnc32)O[C@@H]1COP(=O)(O)C(C)C. The number of ether oxygens (including phenoxy) is 7. The molecule has 0 spiro atoms. The van der Waals surface area contributed by atoms with E-state index in [-0.39, 0.29) is 214 Å². The Morgan fingerprint density at radius 1 is 0.528 bits per heavy atom. The highest BCUT2D eigenvalue weighted by Gasteiger charge is 2.49. The molecule has 19 N–H and O–H groups in total. The predicted octanol–water partition coefficient (Wildman–Crippen LogP) is -3.64. The molecule has 22 atom stereocenters. The molecule has 6 amide bonds. The van der Waals surface area contributed by atoms with E-state index in [9.17, 15) is 123 Å². The molecule has 3 saturated carbocycles. The van der Waals surface area contributed by atoms with E-state index in [0.717, 1.165) is 4.90 Å². The summed E-state index contributed by atoms with van der Waals surface area (Å²) >= 11 is 0. The molecule has 0 aromatic carbocycles. The lowest BCUT2D eigenvalue weighted by molar-refractivity contribution is -0.144. The summed E-state index contributed by atoms with van der Waals surface area (Å²) in [6, 6.07) is -4.19. The maximum atomic E-state index is 14.5. The van der Waals surface area contributed by atoms with E-state index in [2.05, 4.69) is 41.5 Å². The Balaban J connectivity index is 1.01. The van der Waals surface area contributed by atoms with Crippen molar-refractivity contribution >= 4 is 96.8 Å². The average Bonchev–Trinajstić information content (AvgIpc) is 1.62. The number of fused-ring (bicyclic) bond motifs is 1. The van der Waals surface area contributed by atoms with Gasteiger partial charge in [-0.3, -0.25) is 70.9 Å². The zero-order chi connectivity index (χ0) is 93.5. The number of hydrogen-bond donors (Lipinski definition) is 18. The van der Waals surface area contributed by atoms with Gasteiger partial charge >= 0.3 is 15.4 Å². The van der Waals surface area contributed by atoms with Crippen LogP contribution in [0.4, 0.5) is 5.82 Å². The quantitative estimate of drug-likeness (QED) is 0.0224. The zero-order valence-corrected chi connectivity index (χ0v) is 74.0. The van der Waals surface area contributed by atoms with Gasteiger partial charge in [0.25, 0.3) is 0 Å². The summed E-state index contributed by atoms with van der Waals surface area (Å²) in [6.45, 7) is 0.346. The van der Waals surface area contributed by atoms with Crippen molar-refractivity contribution in [3.8, 4) is 0 Å². The molecule has 127 heavy (non-hydrogen) atoms. The number of phosphoric acid groups is 1. The summed E-state index contributed by atoms with van der Waals surface area (Å²) in [5.74, 6) is -7.61. The second-order valence-corrected chi connectivity index (χ2v) is 37.1. The molecule has 2 aliphatic heterocycles. The number of phosphoric ester groups is 1. The lowest BCUT2D eigenvalue weighted by Gasteiger charge is -2.42. The first-order valence-electron chi connectivity index (χ1n) is 42.8. The summed E-state index contributed by atoms with van der Waals surface area (Å²) in [5, 5.41) is 117. The first kappa shape index (κ1) is 107. The Morgan fingerprint density at radius 2 is 0.969 bits per heavy atom. The number of imidazole rings is 1. The second-order valence-electron chi connectivity index (χ2n) is 33.3. The topological polar surface area (TPSA) is 690 Å². The minimum Gasteiger partial charge on any atom is -0.396 e. The molecule has 7 rings (SSSR count). The first-order chi connectivity index (χ1) is 60.2. The summed E-state index contributed by atoms with van der Waals surface area (Å²) < 4.78 is 86.8. The van der Waals surface area contributed by atoms with Crippen LogP contribution in [0.1, 0.15) is 169 Å². The zero-order valence-electron chi connectivity index (χ0n) is 72.2. The lowest BCUT2D eigenvalue weighted by atomic mass is 9.79. The van der Waals surface area contributed by atoms with Gasteiger partial charge in [0, 0.05) is 161 Å². The van der Waals surface area contributed by atoms with Crippen LogP contribution >= 0.6 is 15.4 Å². The molecule has 5 aliphatic rings. The van der Waals surface area contributed by atoms with Crippen LogP contribution in [-0.2, 0) is 109 Å². The maximum Gasteiger partial charge on any atom is 0.472 e. The van der Waals surface area contributed by atoms with Gasteiger partial charge in [-0.2, -0.15) is 0 Å². The van der Waals surface area contributed by atoms with Crippen molar-refractivity contribution < 1.29 is 169 Å². The van der Waals surface area contributed by atoms with E-state index < -0.39 is 249 Å². The van der Waals surface area contributed by atoms with E-state index >= 15 is 0 Å². The second kappa shape index (κ2) is 52.4. The van der Waals surface area contributed by atoms with Gasteiger partial charge in [-0.25, -0.2) is 19.5 Å². The largest absolute Gasteiger partial charge is 0.472 e. The number of Topliss-reactive ketones (excluding diaryl/α,β-unsaturated/α-hetero) is 5. The normalized spacial score (nSPS) is 28.2. The van der Waals surface area contributed by atoms with Crippen molar-refractivity contribution in [1.29, 1.82) is 0 Å². The number of carbonyl (C=O) groups excluding carboxylic acids is 11. The summed E-state index contributed by atoms with van der Waals surface area (Å²) in [7, 11) is -9.41. The van der Waals surface area contributed by atoms with E-state index in [1.807, 2.05) is 0 Å². The van der Waals surface area contributed by atoms with Gasteiger partial charge < -0.3 is 136 Å². The van der Waals surface area contributed by atoms with Crippen LogP contribution < -0.4 is 32.3 Å². The van der Waals surface area contributed by atoms with E-state index in [1.54, 1.807) is 0 Å². The molecule has 5 fully saturated rings. The van der Waals surface area contributed by atoms with Crippen LogP contribution in [0.5, 0.6) is 0 Å². The number of anilines is 1. The minimum atomic E-state index is -5.17. The van der Waals surface area contributed by atoms with Crippen LogP contribution in [0.25, 0.3) is 11.2 Å². The number of rotatable bonds is 58. The number of likely N-dealkylation sites (tertiary alicyclic amines) is 1. The molecule has 720 valence electrons. The summed E-state index contributed by atoms with van der Waals surface area (Å²) in [5.41, 5.74) is 3.79.